The van der Waals surface area contributed by atoms with Crippen molar-refractivity contribution < 1.29 is 19.1 Å². The molecule has 6 atom stereocenters. The van der Waals surface area contributed by atoms with E-state index in [4.69, 9.17) is 4.74 Å². The lowest BCUT2D eigenvalue weighted by Crippen LogP contribution is -2.40. The van der Waals surface area contributed by atoms with Gasteiger partial charge in [-0.05, 0) is 54.4 Å². The van der Waals surface area contributed by atoms with Gasteiger partial charge in [0.25, 0.3) is 0 Å². The van der Waals surface area contributed by atoms with Gasteiger partial charge in [0.15, 0.2) is 0 Å². The molecule has 1 heterocycles. The third-order valence-corrected chi connectivity index (χ3v) is 6.02. The number of ether oxygens (including phenoxy) is 1. The van der Waals surface area contributed by atoms with Crippen LogP contribution >= 0.6 is 0 Å². The second kappa shape index (κ2) is 4.56. The summed E-state index contributed by atoms with van der Waals surface area (Å²) in [6.07, 6.45) is 5.49. The van der Waals surface area contributed by atoms with Crippen LogP contribution in [0, 0.1) is 35.5 Å². The van der Waals surface area contributed by atoms with Crippen LogP contribution in [0.1, 0.15) is 13.3 Å². The Hall–Kier alpha value is -2.43. The molecule has 2 bridgehead atoms. The normalized spacial score (nSPS) is 38.1. The van der Waals surface area contributed by atoms with Gasteiger partial charge in [-0.3, -0.25) is 19.3 Å². The maximum atomic E-state index is 13.0. The van der Waals surface area contributed by atoms with E-state index in [-0.39, 0.29) is 35.5 Å². The number of benzene rings is 1. The van der Waals surface area contributed by atoms with E-state index in [2.05, 4.69) is 12.2 Å². The van der Waals surface area contributed by atoms with Gasteiger partial charge in [-0.1, -0.05) is 12.2 Å². The first-order valence-corrected chi connectivity index (χ1v) is 8.41. The highest BCUT2D eigenvalue weighted by Crippen LogP contribution is 2.65. The fourth-order valence-corrected chi connectivity index (χ4v) is 5.04. The molecule has 3 fully saturated rings. The highest BCUT2D eigenvalue weighted by Gasteiger charge is 2.67. The minimum atomic E-state index is -0.399. The zero-order valence-corrected chi connectivity index (χ0v) is 13.2. The highest BCUT2D eigenvalue weighted by molar-refractivity contribution is 6.22. The van der Waals surface area contributed by atoms with Gasteiger partial charge in [0.1, 0.15) is 5.75 Å². The fourth-order valence-electron chi connectivity index (χ4n) is 5.04. The number of anilines is 1. The van der Waals surface area contributed by atoms with E-state index in [1.807, 2.05) is 0 Å². The van der Waals surface area contributed by atoms with Gasteiger partial charge in [-0.2, -0.15) is 0 Å². The lowest BCUT2D eigenvalue weighted by atomic mass is 9.63. The summed E-state index contributed by atoms with van der Waals surface area (Å²) in [5.41, 5.74) is 0.559. The van der Waals surface area contributed by atoms with Gasteiger partial charge in [-0.15, -0.1) is 0 Å². The molecule has 5 nitrogen and oxygen atoms in total. The number of nitrogens with zero attached hydrogens (tertiary/aromatic N) is 1. The summed E-state index contributed by atoms with van der Waals surface area (Å²) < 4.78 is 5.01. The van der Waals surface area contributed by atoms with Crippen molar-refractivity contribution in [1.82, 2.24) is 0 Å². The standard InChI is InChI=1S/C19H17NO4/c1-9(21)24-11-4-2-10(3-5-11)20-18(22)16-12-6-7-13(15-8-14(12)15)17(16)19(20)23/h2-7,12-17H,8H2,1H3/t12-,13-,14-,15+,16-,17+/m0/s1. The van der Waals surface area contributed by atoms with Crippen molar-refractivity contribution >= 4 is 23.5 Å². The number of hydrogen-bond acceptors (Lipinski definition) is 4. The first-order chi connectivity index (χ1) is 11.6. The number of carbonyl (C=O) groups excluding carboxylic acids is 3. The second-order valence-corrected chi connectivity index (χ2v) is 7.25. The van der Waals surface area contributed by atoms with E-state index in [9.17, 15) is 14.4 Å². The maximum Gasteiger partial charge on any atom is 0.308 e. The van der Waals surface area contributed by atoms with Gasteiger partial charge in [0.2, 0.25) is 11.8 Å². The smallest absolute Gasteiger partial charge is 0.308 e. The number of esters is 1. The molecular weight excluding hydrogens is 306 g/mol. The van der Waals surface area contributed by atoms with Crippen LogP contribution < -0.4 is 9.64 Å². The average Bonchev–Trinajstić information content (AvgIpc) is 3.33. The molecule has 0 aromatic heterocycles. The van der Waals surface area contributed by atoms with Gasteiger partial charge < -0.3 is 4.74 Å². The van der Waals surface area contributed by atoms with Crippen LogP contribution in [0.15, 0.2) is 36.4 Å². The lowest BCUT2D eigenvalue weighted by molar-refractivity contribution is -0.132. The molecule has 4 aliphatic carbocycles. The summed E-state index contributed by atoms with van der Waals surface area (Å²) in [6, 6.07) is 6.57. The zero-order chi connectivity index (χ0) is 16.6. The van der Waals surface area contributed by atoms with Gasteiger partial charge in [-0.25, -0.2) is 0 Å². The molecule has 1 aliphatic heterocycles. The monoisotopic (exact) mass is 323 g/mol. The van der Waals surface area contributed by atoms with Crippen molar-refractivity contribution in [1.29, 1.82) is 0 Å². The summed E-state index contributed by atoms with van der Waals surface area (Å²) >= 11 is 0. The van der Waals surface area contributed by atoms with Crippen molar-refractivity contribution in [2.45, 2.75) is 13.3 Å². The molecular formula is C19H17NO4. The number of amides is 2. The number of carbonyl (C=O) groups is 3. The Morgan fingerprint density at radius 1 is 1.00 bits per heavy atom. The van der Waals surface area contributed by atoms with E-state index >= 15 is 0 Å². The van der Waals surface area contributed by atoms with Gasteiger partial charge in [0, 0.05) is 6.92 Å². The van der Waals surface area contributed by atoms with E-state index in [0.717, 1.165) is 6.42 Å². The molecule has 24 heavy (non-hydrogen) atoms. The summed E-state index contributed by atoms with van der Waals surface area (Å²) in [4.78, 5) is 38.2. The Morgan fingerprint density at radius 2 is 1.54 bits per heavy atom. The molecule has 6 rings (SSSR count). The van der Waals surface area contributed by atoms with Crippen LogP contribution in [-0.2, 0) is 14.4 Å². The Morgan fingerprint density at radius 3 is 2.04 bits per heavy atom. The molecule has 1 saturated heterocycles. The highest BCUT2D eigenvalue weighted by atomic mass is 16.5. The third kappa shape index (κ3) is 1.72. The minimum Gasteiger partial charge on any atom is -0.427 e. The van der Waals surface area contributed by atoms with E-state index in [1.165, 1.54) is 11.8 Å². The van der Waals surface area contributed by atoms with Crippen LogP contribution in [0.3, 0.4) is 0 Å². The molecule has 0 radical (unpaired) electrons. The quantitative estimate of drug-likeness (QED) is 0.362. The van der Waals surface area contributed by atoms with Gasteiger partial charge >= 0.3 is 5.97 Å². The summed E-state index contributed by atoms with van der Waals surface area (Å²) in [7, 11) is 0. The Kier molecular flexibility index (Phi) is 2.65. The molecule has 2 saturated carbocycles. The molecule has 2 amide bonds. The molecule has 0 unspecified atom stereocenters. The molecule has 122 valence electrons. The zero-order valence-electron chi connectivity index (χ0n) is 13.2. The predicted molar refractivity (Wildman–Crippen MR) is 84.9 cm³/mol. The van der Waals surface area contributed by atoms with Crippen molar-refractivity contribution in [2.24, 2.45) is 35.5 Å². The van der Waals surface area contributed by atoms with E-state index < -0.39 is 5.97 Å². The van der Waals surface area contributed by atoms with Crippen molar-refractivity contribution in [3.8, 4) is 5.75 Å². The first kappa shape index (κ1) is 14.0. The van der Waals surface area contributed by atoms with Crippen molar-refractivity contribution in [2.75, 3.05) is 4.90 Å². The number of imide groups is 1. The maximum absolute atomic E-state index is 13.0. The second-order valence-electron chi connectivity index (χ2n) is 7.25. The number of hydrogen-bond donors (Lipinski definition) is 0. The molecule has 1 aromatic rings. The van der Waals surface area contributed by atoms with Crippen molar-refractivity contribution in [3.63, 3.8) is 0 Å². The number of rotatable bonds is 2. The van der Waals surface area contributed by atoms with Gasteiger partial charge in [0.05, 0.1) is 17.5 Å². The molecule has 5 aliphatic rings. The first-order valence-electron chi connectivity index (χ1n) is 8.41. The Balaban J connectivity index is 1.47. The Labute approximate surface area is 139 Å². The fraction of sp³-hybridized carbons (Fsp3) is 0.421. The molecule has 5 heteroatoms. The lowest BCUT2D eigenvalue weighted by Gasteiger charge is -2.37. The summed E-state index contributed by atoms with van der Waals surface area (Å²) in [5, 5.41) is 0. The topological polar surface area (TPSA) is 63.7 Å². The third-order valence-electron chi connectivity index (χ3n) is 6.02. The van der Waals surface area contributed by atoms with Crippen LogP contribution in [0.4, 0.5) is 5.69 Å². The predicted octanol–water partition coefficient (Wildman–Crippen LogP) is 2.17. The number of allylic oxidation sites excluding steroid dienone is 2. The molecule has 1 aromatic carbocycles. The molecule has 0 N–H and O–H groups in total. The SMILES string of the molecule is CC(=O)Oc1ccc(N2C(=O)[C@@H]3[C@H]4C=C[C@@H]([C@@H]5C[C@H]45)[C@@H]3C2=O)cc1. The van der Waals surface area contributed by atoms with E-state index in [1.54, 1.807) is 24.3 Å². The summed E-state index contributed by atoms with van der Waals surface area (Å²) in [5.74, 6) is 1.14. The van der Waals surface area contributed by atoms with Crippen molar-refractivity contribution in [3.05, 3.63) is 36.4 Å². The van der Waals surface area contributed by atoms with Crippen LogP contribution in [-0.4, -0.2) is 17.8 Å². The average molecular weight is 323 g/mol. The molecule has 0 spiro atoms. The largest absolute Gasteiger partial charge is 0.427 e. The Bertz CT molecular complexity index is 760. The van der Waals surface area contributed by atoms with Crippen LogP contribution in [0.2, 0.25) is 0 Å². The van der Waals surface area contributed by atoms with Crippen LogP contribution in [0.5, 0.6) is 5.75 Å². The van der Waals surface area contributed by atoms with E-state index in [0.29, 0.717) is 23.3 Å². The minimum absolute atomic E-state index is 0.0741. The van der Waals surface area contributed by atoms with Crippen LogP contribution in [0.25, 0.3) is 0 Å². The summed E-state index contributed by atoms with van der Waals surface area (Å²) in [6.45, 7) is 1.33.